The summed E-state index contributed by atoms with van der Waals surface area (Å²) in [4.78, 5) is 23.4. The van der Waals surface area contributed by atoms with Gasteiger partial charge in [-0.3, -0.25) is 20.2 Å². The molecule has 1 aromatic heterocycles. The standard InChI is InChI=1S/C15H9FN2O3S/c16-9-3-1-2-8(6-9)12-5-4-10(21-12)7-11-13(19)17-15(22)18-14(11)20/h1-7H,(H2,17,18,19,20,22). The largest absolute Gasteiger partial charge is 0.457 e. The molecule has 0 saturated carbocycles. The van der Waals surface area contributed by atoms with Crippen LogP contribution in [0.3, 0.4) is 0 Å². The van der Waals surface area contributed by atoms with E-state index in [9.17, 15) is 14.0 Å². The van der Waals surface area contributed by atoms with E-state index in [1.165, 1.54) is 18.2 Å². The van der Waals surface area contributed by atoms with E-state index in [1.807, 2.05) is 0 Å². The SMILES string of the molecule is O=C1NC(=S)NC(=O)C1=Cc1ccc(-c2cccc(F)c2)o1. The monoisotopic (exact) mass is 316 g/mol. The first-order valence-corrected chi connectivity index (χ1v) is 6.68. The molecule has 0 radical (unpaired) electrons. The van der Waals surface area contributed by atoms with Crippen LogP contribution >= 0.6 is 12.2 Å². The van der Waals surface area contributed by atoms with Crippen molar-refractivity contribution in [2.24, 2.45) is 0 Å². The van der Waals surface area contributed by atoms with Crippen LogP contribution in [0.5, 0.6) is 0 Å². The Labute approximate surface area is 129 Å². The average Bonchev–Trinajstić information content (AvgIpc) is 2.91. The summed E-state index contributed by atoms with van der Waals surface area (Å²) in [6.45, 7) is 0. The molecule has 0 unspecified atom stereocenters. The zero-order valence-electron chi connectivity index (χ0n) is 11.1. The lowest BCUT2D eigenvalue weighted by atomic mass is 10.1. The van der Waals surface area contributed by atoms with Gasteiger partial charge in [0.2, 0.25) is 0 Å². The first-order chi connectivity index (χ1) is 10.5. The number of nitrogens with one attached hydrogen (secondary N) is 2. The molecule has 0 aliphatic carbocycles. The third-order valence-electron chi connectivity index (χ3n) is 2.97. The van der Waals surface area contributed by atoms with E-state index in [-0.39, 0.29) is 16.5 Å². The number of rotatable bonds is 2. The molecular weight excluding hydrogens is 307 g/mol. The van der Waals surface area contributed by atoms with Gasteiger partial charge in [0.05, 0.1) is 0 Å². The van der Waals surface area contributed by atoms with Crippen LogP contribution in [-0.4, -0.2) is 16.9 Å². The Balaban J connectivity index is 1.91. The summed E-state index contributed by atoms with van der Waals surface area (Å²) >= 11 is 4.71. The topological polar surface area (TPSA) is 71.3 Å². The highest BCUT2D eigenvalue weighted by Gasteiger charge is 2.26. The van der Waals surface area contributed by atoms with Crippen molar-refractivity contribution in [2.75, 3.05) is 0 Å². The number of carbonyl (C=O) groups is 2. The van der Waals surface area contributed by atoms with Gasteiger partial charge in [0.25, 0.3) is 11.8 Å². The van der Waals surface area contributed by atoms with Crippen molar-refractivity contribution in [3.05, 3.63) is 53.5 Å². The van der Waals surface area contributed by atoms with E-state index in [1.54, 1.807) is 24.3 Å². The zero-order valence-corrected chi connectivity index (χ0v) is 11.9. The van der Waals surface area contributed by atoms with E-state index < -0.39 is 11.8 Å². The van der Waals surface area contributed by atoms with E-state index >= 15 is 0 Å². The quantitative estimate of drug-likeness (QED) is 0.505. The summed E-state index contributed by atoms with van der Waals surface area (Å²) in [5, 5.41) is 4.62. The van der Waals surface area contributed by atoms with Crippen LogP contribution in [0.1, 0.15) is 5.76 Å². The Morgan fingerprint density at radius 3 is 2.50 bits per heavy atom. The van der Waals surface area contributed by atoms with Crippen LogP contribution in [0, 0.1) is 5.82 Å². The summed E-state index contributed by atoms with van der Waals surface area (Å²) in [5.74, 6) is -0.853. The molecule has 2 aromatic rings. The number of furan rings is 1. The van der Waals surface area contributed by atoms with Gasteiger partial charge < -0.3 is 4.42 Å². The van der Waals surface area contributed by atoms with Gasteiger partial charge in [-0.2, -0.15) is 0 Å². The summed E-state index contributed by atoms with van der Waals surface area (Å²) in [7, 11) is 0. The number of halogens is 1. The molecule has 0 bridgehead atoms. The molecule has 1 aliphatic heterocycles. The van der Waals surface area contributed by atoms with Gasteiger partial charge in [0.15, 0.2) is 5.11 Å². The first-order valence-electron chi connectivity index (χ1n) is 6.27. The number of thiocarbonyl (C=S) groups is 1. The predicted octanol–water partition coefficient (Wildman–Crippen LogP) is 2.00. The van der Waals surface area contributed by atoms with Crippen molar-refractivity contribution in [3.8, 4) is 11.3 Å². The second-order valence-electron chi connectivity index (χ2n) is 4.51. The van der Waals surface area contributed by atoms with Crippen molar-refractivity contribution in [2.45, 2.75) is 0 Å². The minimum absolute atomic E-state index is 0.0351. The minimum atomic E-state index is -0.600. The minimum Gasteiger partial charge on any atom is -0.457 e. The predicted molar refractivity (Wildman–Crippen MR) is 81.0 cm³/mol. The lowest BCUT2D eigenvalue weighted by molar-refractivity contribution is -0.123. The smallest absolute Gasteiger partial charge is 0.263 e. The Hall–Kier alpha value is -2.80. The zero-order chi connectivity index (χ0) is 15.7. The third-order valence-corrected chi connectivity index (χ3v) is 3.17. The summed E-state index contributed by atoms with van der Waals surface area (Å²) in [6, 6.07) is 9.12. The highest BCUT2D eigenvalue weighted by atomic mass is 32.1. The van der Waals surface area contributed by atoms with Gasteiger partial charge in [-0.05, 0) is 42.6 Å². The number of hydrogen-bond donors (Lipinski definition) is 2. The fraction of sp³-hybridized carbons (Fsp3) is 0. The van der Waals surface area contributed by atoms with Gasteiger partial charge >= 0.3 is 0 Å². The first kappa shape index (κ1) is 14.2. The van der Waals surface area contributed by atoms with E-state index in [0.717, 1.165) is 0 Å². The van der Waals surface area contributed by atoms with Gasteiger partial charge in [-0.1, -0.05) is 12.1 Å². The van der Waals surface area contributed by atoms with Crippen molar-refractivity contribution >= 4 is 35.2 Å². The Bertz CT molecular complexity index is 804. The highest BCUT2D eigenvalue weighted by Crippen LogP contribution is 2.24. The second kappa shape index (κ2) is 5.53. The Morgan fingerprint density at radius 2 is 1.82 bits per heavy atom. The molecule has 1 fully saturated rings. The maximum absolute atomic E-state index is 13.2. The van der Waals surface area contributed by atoms with Crippen molar-refractivity contribution in [3.63, 3.8) is 0 Å². The molecule has 0 spiro atoms. The molecule has 1 aliphatic rings. The van der Waals surface area contributed by atoms with Crippen LogP contribution < -0.4 is 10.6 Å². The fourth-order valence-corrected chi connectivity index (χ4v) is 2.16. The molecule has 2 N–H and O–H groups in total. The number of benzene rings is 1. The molecule has 1 aromatic carbocycles. The van der Waals surface area contributed by atoms with Gasteiger partial charge in [-0.15, -0.1) is 0 Å². The number of amides is 2. The van der Waals surface area contributed by atoms with Crippen LogP contribution in [0.4, 0.5) is 4.39 Å². The Kier molecular flexibility index (Phi) is 3.56. The molecule has 3 rings (SSSR count). The molecule has 2 amide bonds. The maximum atomic E-state index is 13.2. The summed E-state index contributed by atoms with van der Waals surface area (Å²) in [5.41, 5.74) is 0.442. The molecule has 0 atom stereocenters. The van der Waals surface area contributed by atoms with Crippen molar-refractivity contribution < 1.29 is 18.4 Å². The van der Waals surface area contributed by atoms with Crippen LogP contribution in [0.15, 0.2) is 46.4 Å². The average molecular weight is 316 g/mol. The van der Waals surface area contributed by atoms with Crippen molar-refractivity contribution in [1.29, 1.82) is 0 Å². The third kappa shape index (κ3) is 2.79. The second-order valence-corrected chi connectivity index (χ2v) is 4.92. The fourth-order valence-electron chi connectivity index (χ4n) is 1.98. The van der Waals surface area contributed by atoms with Crippen LogP contribution in [-0.2, 0) is 9.59 Å². The molecule has 5 nitrogen and oxygen atoms in total. The van der Waals surface area contributed by atoms with Crippen LogP contribution in [0.2, 0.25) is 0 Å². The molecule has 22 heavy (non-hydrogen) atoms. The number of carbonyl (C=O) groups excluding carboxylic acids is 2. The van der Waals surface area contributed by atoms with E-state index in [4.69, 9.17) is 16.6 Å². The lowest BCUT2D eigenvalue weighted by Gasteiger charge is -2.15. The highest BCUT2D eigenvalue weighted by molar-refractivity contribution is 7.80. The maximum Gasteiger partial charge on any atom is 0.263 e. The van der Waals surface area contributed by atoms with Gasteiger partial charge in [0, 0.05) is 5.56 Å². The van der Waals surface area contributed by atoms with E-state index in [0.29, 0.717) is 17.1 Å². The molecule has 110 valence electrons. The molecule has 2 heterocycles. The molecular formula is C15H9FN2O3S. The molecule has 7 heteroatoms. The summed E-state index contributed by atoms with van der Waals surface area (Å²) < 4.78 is 18.7. The summed E-state index contributed by atoms with van der Waals surface area (Å²) in [6.07, 6.45) is 1.30. The molecule has 1 saturated heterocycles. The lowest BCUT2D eigenvalue weighted by Crippen LogP contribution is -2.51. The Morgan fingerprint density at radius 1 is 1.09 bits per heavy atom. The van der Waals surface area contributed by atoms with E-state index in [2.05, 4.69) is 10.6 Å². The normalized spacial score (nSPS) is 14.6. The van der Waals surface area contributed by atoms with Gasteiger partial charge in [0.1, 0.15) is 22.9 Å². The van der Waals surface area contributed by atoms with Crippen molar-refractivity contribution in [1.82, 2.24) is 10.6 Å². The van der Waals surface area contributed by atoms with Gasteiger partial charge in [-0.25, -0.2) is 4.39 Å². The number of hydrogen-bond acceptors (Lipinski definition) is 4. The van der Waals surface area contributed by atoms with Crippen LogP contribution in [0.25, 0.3) is 17.4 Å².